The maximum Gasteiger partial charge on any atom is 0.196 e. The van der Waals surface area contributed by atoms with Crippen LogP contribution in [0.25, 0.3) is 0 Å². The molecule has 0 aliphatic carbocycles. The van der Waals surface area contributed by atoms with E-state index in [1.54, 1.807) is 7.11 Å². The van der Waals surface area contributed by atoms with Crippen molar-refractivity contribution in [1.82, 2.24) is 20.0 Å². The third kappa shape index (κ3) is 5.15. The van der Waals surface area contributed by atoms with E-state index in [1.807, 2.05) is 35.3 Å². The third-order valence-electron chi connectivity index (χ3n) is 4.90. The zero-order valence-corrected chi connectivity index (χ0v) is 18.3. The molecule has 2 aliphatic rings. The van der Waals surface area contributed by atoms with Crippen molar-refractivity contribution in [1.29, 1.82) is 0 Å². The molecule has 0 saturated carbocycles. The van der Waals surface area contributed by atoms with Crippen molar-refractivity contribution in [3.05, 3.63) is 42.2 Å². The van der Waals surface area contributed by atoms with Crippen LogP contribution in [0.3, 0.4) is 0 Å². The summed E-state index contributed by atoms with van der Waals surface area (Å²) >= 11 is 0. The number of halogens is 1. The van der Waals surface area contributed by atoms with Gasteiger partial charge in [-0.2, -0.15) is 5.10 Å². The zero-order chi connectivity index (χ0) is 18.5. The number of rotatable bonds is 6. The number of aromatic nitrogens is 2. The van der Waals surface area contributed by atoms with Gasteiger partial charge in [-0.1, -0.05) is 18.2 Å². The van der Waals surface area contributed by atoms with Gasteiger partial charge in [0.05, 0.1) is 51.3 Å². The van der Waals surface area contributed by atoms with Crippen LogP contribution in [0.2, 0.25) is 0 Å². The van der Waals surface area contributed by atoms with E-state index in [0.717, 1.165) is 62.4 Å². The van der Waals surface area contributed by atoms with E-state index >= 15 is 0 Å². The van der Waals surface area contributed by atoms with Gasteiger partial charge in [0.15, 0.2) is 5.96 Å². The number of ether oxygens (including phenoxy) is 2. The van der Waals surface area contributed by atoms with Crippen LogP contribution in [-0.2, 0) is 11.3 Å². The zero-order valence-electron chi connectivity index (χ0n) is 16.0. The smallest absolute Gasteiger partial charge is 0.196 e. The Morgan fingerprint density at radius 2 is 2.07 bits per heavy atom. The van der Waals surface area contributed by atoms with Crippen molar-refractivity contribution in [3.8, 4) is 5.75 Å². The third-order valence-corrected chi connectivity index (χ3v) is 4.90. The second-order valence-corrected chi connectivity index (χ2v) is 6.70. The number of para-hydroxylation sites is 1. The number of aliphatic imine (C=N–C) groups is 1. The highest BCUT2D eigenvalue weighted by Crippen LogP contribution is 2.27. The fourth-order valence-electron chi connectivity index (χ4n) is 3.40. The molecule has 1 aromatic heterocycles. The topological polar surface area (TPSA) is 75.9 Å². The highest BCUT2D eigenvalue weighted by atomic mass is 127. The summed E-state index contributed by atoms with van der Waals surface area (Å²) in [4.78, 5) is 6.97. The van der Waals surface area contributed by atoms with Crippen LogP contribution in [0.1, 0.15) is 11.6 Å². The monoisotopic (exact) mass is 498 g/mol. The molecule has 2 aromatic rings. The molecule has 8 nitrogen and oxygen atoms in total. The second kappa shape index (κ2) is 10.1. The van der Waals surface area contributed by atoms with Crippen molar-refractivity contribution < 1.29 is 9.47 Å². The van der Waals surface area contributed by atoms with Crippen LogP contribution in [0.4, 0.5) is 5.69 Å². The molecular weight excluding hydrogens is 471 g/mol. The molecule has 0 radical (unpaired) electrons. The average molecular weight is 498 g/mol. The first-order valence-electron chi connectivity index (χ1n) is 9.35. The summed E-state index contributed by atoms with van der Waals surface area (Å²) in [6.45, 7) is 6.17. The van der Waals surface area contributed by atoms with E-state index in [4.69, 9.17) is 9.47 Å². The molecule has 0 spiro atoms. The van der Waals surface area contributed by atoms with E-state index in [0.29, 0.717) is 6.54 Å². The molecule has 0 bridgehead atoms. The first-order valence-corrected chi connectivity index (χ1v) is 9.35. The van der Waals surface area contributed by atoms with Gasteiger partial charge < -0.3 is 20.1 Å². The maximum atomic E-state index is 5.46. The Bertz CT molecular complexity index is 790. The van der Waals surface area contributed by atoms with Gasteiger partial charge in [0, 0.05) is 31.4 Å². The number of benzene rings is 1. The van der Waals surface area contributed by atoms with Gasteiger partial charge in [0.2, 0.25) is 0 Å². The van der Waals surface area contributed by atoms with Gasteiger partial charge in [-0.3, -0.25) is 14.6 Å². The van der Waals surface area contributed by atoms with E-state index in [1.165, 1.54) is 0 Å². The number of hydrogen-bond acceptors (Lipinski definition) is 7. The SMILES string of the molecule is COc1ccccc1C1CN=C(Nc2cnn(CCN3CCOCC3)c2)N1.I. The minimum Gasteiger partial charge on any atom is -0.496 e. The van der Waals surface area contributed by atoms with Gasteiger partial charge in [0.25, 0.3) is 0 Å². The second-order valence-electron chi connectivity index (χ2n) is 6.70. The van der Waals surface area contributed by atoms with Gasteiger partial charge in [0.1, 0.15) is 5.75 Å². The molecular formula is C19H27IN6O2. The van der Waals surface area contributed by atoms with Crippen molar-refractivity contribution in [3.63, 3.8) is 0 Å². The Morgan fingerprint density at radius 3 is 2.89 bits per heavy atom. The van der Waals surface area contributed by atoms with E-state index < -0.39 is 0 Å². The molecule has 152 valence electrons. The van der Waals surface area contributed by atoms with Crippen LogP contribution >= 0.6 is 24.0 Å². The van der Waals surface area contributed by atoms with Crippen LogP contribution < -0.4 is 15.4 Å². The highest BCUT2D eigenvalue weighted by molar-refractivity contribution is 14.0. The number of anilines is 1. The predicted octanol–water partition coefficient (Wildman–Crippen LogP) is 1.95. The number of hydrogen-bond donors (Lipinski definition) is 2. The van der Waals surface area contributed by atoms with Gasteiger partial charge in [-0.25, -0.2) is 0 Å². The number of morpholine rings is 1. The van der Waals surface area contributed by atoms with Crippen LogP contribution in [-0.4, -0.2) is 67.1 Å². The average Bonchev–Trinajstić information content (AvgIpc) is 3.37. The first-order chi connectivity index (χ1) is 13.3. The number of nitrogens with zero attached hydrogens (tertiary/aromatic N) is 4. The summed E-state index contributed by atoms with van der Waals surface area (Å²) in [5.41, 5.74) is 2.05. The molecule has 1 saturated heterocycles. The van der Waals surface area contributed by atoms with Gasteiger partial charge >= 0.3 is 0 Å². The summed E-state index contributed by atoms with van der Waals surface area (Å²) in [6.07, 6.45) is 3.85. The molecule has 2 N–H and O–H groups in total. The molecule has 28 heavy (non-hydrogen) atoms. The van der Waals surface area contributed by atoms with Crippen LogP contribution in [0.15, 0.2) is 41.7 Å². The lowest BCUT2D eigenvalue weighted by Gasteiger charge is -2.26. The Kier molecular flexibility index (Phi) is 7.51. The van der Waals surface area contributed by atoms with E-state index in [-0.39, 0.29) is 30.0 Å². The highest BCUT2D eigenvalue weighted by Gasteiger charge is 2.22. The summed E-state index contributed by atoms with van der Waals surface area (Å²) in [7, 11) is 1.69. The van der Waals surface area contributed by atoms with Crippen molar-refractivity contribution >= 4 is 35.6 Å². The lowest BCUT2D eigenvalue weighted by molar-refractivity contribution is 0.0360. The van der Waals surface area contributed by atoms with E-state index in [9.17, 15) is 0 Å². The fraction of sp³-hybridized carbons (Fsp3) is 0.474. The molecule has 1 fully saturated rings. The lowest BCUT2D eigenvalue weighted by atomic mass is 10.1. The maximum absolute atomic E-state index is 5.46. The van der Waals surface area contributed by atoms with Gasteiger partial charge in [-0.15, -0.1) is 24.0 Å². The standard InChI is InChI=1S/C19H26N6O2.HI/c1-26-18-5-3-2-4-16(18)17-13-20-19(23-17)22-15-12-21-25(14-15)7-6-24-8-10-27-11-9-24;/h2-5,12,14,17H,6-11,13H2,1H3,(H2,20,22,23);1H. The summed E-state index contributed by atoms with van der Waals surface area (Å²) in [6, 6.07) is 8.14. The van der Waals surface area contributed by atoms with Crippen molar-refractivity contribution in [2.24, 2.45) is 4.99 Å². The van der Waals surface area contributed by atoms with Crippen LogP contribution in [0.5, 0.6) is 5.75 Å². The lowest BCUT2D eigenvalue weighted by Crippen LogP contribution is -2.38. The normalized spacial score (nSPS) is 19.5. The van der Waals surface area contributed by atoms with Gasteiger partial charge in [-0.05, 0) is 6.07 Å². The number of guanidine groups is 1. The minimum atomic E-state index is 0. The molecule has 1 aromatic carbocycles. The first kappa shape index (κ1) is 20.9. The summed E-state index contributed by atoms with van der Waals surface area (Å²) in [5.74, 6) is 1.64. The summed E-state index contributed by atoms with van der Waals surface area (Å²) < 4.78 is 12.8. The molecule has 0 amide bonds. The molecule has 4 rings (SSSR count). The Hall–Kier alpha value is -1.85. The van der Waals surface area contributed by atoms with Crippen LogP contribution in [0, 0.1) is 0 Å². The quantitative estimate of drug-likeness (QED) is 0.594. The minimum absolute atomic E-state index is 0. The number of nitrogens with one attached hydrogen (secondary N) is 2. The van der Waals surface area contributed by atoms with Crippen molar-refractivity contribution in [2.45, 2.75) is 12.6 Å². The summed E-state index contributed by atoms with van der Waals surface area (Å²) in [5, 5.41) is 11.2. The molecule has 1 unspecified atom stereocenters. The van der Waals surface area contributed by atoms with Crippen molar-refractivity contribution in [2.75, 3.05) is 51.8 Å². The largest absolute Gasteiger partial charge is 0.496 e. The molecule has 9 heteroatoms. The Balaban J connectivity index is 0.00000225. The Morgan fingerprint density at radius 1 is 1.25 bits per heavy atom. The molecule has 1 atom stereocenters. The number of methoxy groups -OCH3 is 1. The Labute approximate surface area is 182 Å². The predicted molar refractivity (Wildman–Crippen MR) is 120 cm³/mol. The molecule has 2 aliphatic heterocycles. The molecule has 3 heterocycles. The fourth-order valence-corrected chi connectivity index (χ4v) is 3.40. The van der Waals surface area contributed by atoms with E-state index in [2.05, 4.69) is 31.7 Å².